The number of hydrogen-bond donors (Lipinski definition) is 0. The minimum absolute atomic E-state index is 0.0651. The van der Waals surface area contributed by atoms with Crippen LogP contribution >= 0.6 is 11.6 Å². The van der Waals surface area contributed by atoms with E-state index >= 15 is 0 Å². The van der Waals surface area contributed by atoms with E-state index in [1.54, 1.807) is 18.1 Å². The van der Waals surface area contributed by atoms with Crippen LogP contribution in [0.25, 0.3) is 10.9 Å². The molecule has 1 aromatic heterocycles. The monoisotopic (exact) mass is 467 g/mol. The molecule has 1 amide bonds. The highest BCUT2D eigenvalue weighted by atomic mass is 35.5. The van der Waals surface area contributed by atoms with Crippen LogP contribution in [0.5, 0.6) is 5.75 Å². The summed E-state index contributed by atoms with van der Waals surface area (Å²) < 4.78 is 10.3. The van der Waals surface area contributed by atoms with Gasteiger partial charge in [-0.25, -0.2) is 4.79 Å². The van der Waals surface area contributed by atoms with Crippen molar-refractivity contribution in [1.29, 1.82) is 0 Å². The highest BCUT2D eigenvalue weighted by Crippen LogP contribution is 2.30. The number of fused-ring (bicyclic) bond motifs is 1. The summed E-state index contributed by atoms with van der Waals surface area (Å²) in [5.41, 5.74) is 2.74. The van der Waals surface area contributed by atoms with Crippen LogP contribution in [0.1, 0.15) is 27.7 Å². The molecule has 2 heterocycles. The molecule has 1 saturated heterocycles. The summed E-state index contributed by atoms with van der Waals surface area (Å²) >= 11 is 6.37. The van der Waals surface area contributed by atoms with Gasteiger partial charge < -0.3 is 14.4 Å². The summed E-state index contributed by atoms with van der Waals surface area (Å²) in [6.07, 6.45) is 0. The molecule has 2 aromatic carbocycles. The number of pyridine rings is 1. The zero-order valence-corrected chi connectivity index (χ0v) is 19.6. The summed E-state index contributed by atoms with van der Waals surface area (Å²) in [4.78, 5) is 34.3. The summed E-state index contributed by atoms with van der Waals surface area (Å²) in [6, 6.07) is 14.2. The van der Waals surface area contributed by atoms with Gasteiger partial charge in [0.15, 0.2) is 0 Å². The van der Waals surface area contributed by atoms with Crippen molar-refractivity contribution in [3.63, 3.8) is 0 Å². The van der Waals surface area contributed by atoms with Gasteiger partial charge in [-0.15, -0.1) is 0 Å². The van der Waals surface area contributed by atoms with E-state index < -0.39 is 6.04 Å². The maximum atomic E-state index is 13.3. The van der Waals surface area contributed by atoms with Crippen molar-refractivity contribution in [1.82, 2.24) is 14.8 Å². The molecule has 172 valence electrons. The van der Waals surface area contributed by atoms with Crippen molar-refractivity contribution in [2.24, 2.45) is 0 Å². The molecule has 0 N–H and O–H groups in total. The number of amides is 1. The fourth-order valence-electron chi connectivity index (χ4n) is 4.22. The van der Waals surface area contributed by atoms with Crippen LogP contribution in [0.3, 0.4) is 0 Å². The standard InChI is InChI=1S/C25H26ClN3O4/c1-16-20(14-17-8-9-18(32-2)15-22(17)27-16)24(30)29-12-10-28(11-13-29)23(25(31)33-3)19-6-4-5-7-21(19)26/h4-9,14-15,23H,10-13H2,1-3H3. The van der Waals surface area contributed by atoms with E-state index in [4.69, 9.17) is 21.1 Å². The van der Waals surface area contributed by atoms with E-state index in [1.165, 1.54) is 7.11 Å². The second-order valence-electron chi connectivity index (χ2n) is 7.96. The third-order valence-electron chi connectivity index (χ3n) is 6.04. The number of esters is 1. The first-order chi connectivity index (χ1) is 15.9. The van der Waals surface area contributed by atoms with Gasteiger partial charge in [0, 0.05) is 42.7 Å². The Bertz CT molecular complexity index is 1190. The topological polar surface area (TPSA) is 72.0 Å². The largest absolute Gasteiger partial charge is 0.497 e. The zero-order chi connectivity index (χ0) is 23.5. The Morgan fingerprint density at radius 2 is 1.76 bits per heavy atom. The Morgan fingerprint density at radius 1 is 1.03 bits per heavy atom. The molecule has 0 aliphatic carbocycles. The van der Waals surface area contributed by atoms with Gasteiger partial charge in [0.2, 0.25) is 0 Å². The molecule has 1 atom stereocenters. The molecular formula is C25H26ClN3O4. The van der Waals surface area contributed by atoms with Gasteiger partial charge >= 0.3 is 5.97 Å². The second-order valence-corrected chi connectivity index (χ2v) is 8.36. The first-order valence-electron chi connectivity index (χ1n) is 10.7. The van der Waals surface area contributed by atoms with Gasteiger partial charge in [0.05, 0.1) is 31.0 Å². The lowest BCUT2D eigenvalue weighted by atomic mass is 10.0. The number of hydrogen-bond acceptors (Lipinski definition) is 6. The summed E-state index contributed by atoms with van der Waals surface area (Å²) in [5.74, 6) is 0.292. The maximum absolute atomic E-state index is 13.3. The van der Waals surface area contributed by atoms with Crippen LogP contribution in [0.2, 0.25) is 5.02 Å². The molecule has 7 nitrogen and oxygen atoms in total. The number of carbonyl (C=O) groups is 2. The lowest BCUT2D eigenvalue weighted by Gasteiger charge is -2.38. The number of methoxy groups -OCH3 is 2. The van der Waals surface area contributed by atoms with Crippen LogP contribution in [0, 0.1) is 6.92 Å². The fourth-order valence-corrected chi connectivity index (χ4v) is 4.46. The molecular weight excluding hydrogens is 442 g/mol. The molecule has 4 rings (SSSR count). The summed E-state index contributed by atoms with van der Waals surface area (Å²) in [6.45, 7) is 3.85. The number of piperazine rings is 1. The van der Waals surface area contributed by atoms with E-state index in [9.17, 15) is 9.59 Å². The molecule has 0 saturated carbocycles. The number of carbonyl (C=O) groups excluding carboxylic acids is 2. The van der Waals surface area contributed by atoms with Gasteiger partial charge in [-0.2, -0.15) is 0 Å². The van der Waals surface area contributed by atoms with Crippen LogP contribution in [0.4, 0.5) is 0 Å². The molecule has 3 aromatic rings. The minimum Gasteiger partial charge on any atom is -0.497 e. The predicted octanol–water partition coefficient (Wildman–Crippen LogP) is 3.88. The third-order valence-corrected chi connectivity index (χ3v) is 6.38. The molecule has 33 heavy (non-hydrogen) atoms. The molecule has 0 bridgehead atoms. The fraction of sp³-hybridized carbons (Fsp3) is 0.320. The zero-order valence-electron chi connectivity index (χ0n) is 18.9. The van der Waals surface area contributed by atoms with E-state index in [2.05, 4.69) is 4.98 Å². The molecule has 1 fully saturated rings. The van der Waals surface area contributed by atoms with Crippen molar-refractivity contribution >= 4 is 34.4 Å². The average Bonchev–Trinajstić information content (AvgIpc) is 2.84. The van der Waals surface area contributed by atoms with Crippen molar-refractivity contribution < 1.29 is 19.1 Å². The summed E-state index contributed by atoms with van der Waals surface area (Å²) in [5, 5.41) is 1.40. The minimum atomic E-state index is -0.611. The average molecular weight is 468 g/mol. The van der Waals surface area contributed by atoms with Gasteiger partial charge in [0.25, 0.3) is 5.91 Å². The third kappa shape index (κ3) is 4.65. The Kier molecular flexibility index (Phi) is 6.81. The lowest BCUT2D eigenvalue weighted by Crippen LogP contribution is -2.51. The number of aromatic nitrogens is 1. The second kappa shape index (κ2) is 9.77. The smallest absolute Gasteiger partial charge is 0.327 e. The number of rotatable bonds is 5. The van der Waals surface area contributed by atoms with Gasteiger partial charge in [-0.1, -0.05) is 29.8 Å². The Morgan fingerprint density at radius 3 is 2.42 bits per heavy atom. The van der Waals surface area contributed by atoms with Crippen molar-refractivity contribution in [3.05, 3.63) is 70.4 Å². The number of aryl methyl sites for hydroxylation is 1. The number of nitrogens with zero attached hydrogens (tertiary/aromatic N) is 3. The molecule has 8 heteroatoms. The molecule has 0 spiro atoms. The van der Waals surface area contributed by atoms with Crippen LogP contribution in [-0.2, 0) is 9.53 Å². The normalized spacial score (nSPS) is 15.3. The van der Waals surface area contributed by atoms with E-state index in [1.807, 2.05) is 54.3 Å². The molecule has 1 aliphatic rings. The number of halogens is 1. The van der Waals surface area contributed by atoms with E-state index in [0.29, 0.717) is 48.0 Å². The Hall–Kier alpha value is -3.16. The van der Waals surface area contributed by atoms with Crippen LogP contribution in [-0.4, -0.2) is 67.1 Å². The molecule has 1 unspecified atom stereocenters. The van der Waals surface area contributed by atoms with Gasteiger partial charge in [-0.05, 0) is 36.8 Å². The van der Waals surface area contributed by atoms with Gasteiger partial charge in [-0.3, -0.25) is 14.7 Å². The highest BCUT2D eigenvalue weighted by molar-refractivity contribution is 6.31. The number of benzene rings is 2. The Balaban J connectivity index is 1.52. The van der Waals surface area contributed by atoms with Gasteiger partial charge in [0.1, 0.15) is 11.8 Å². The summed E-state index contributed by atoms with van der Waals surface area (Å²) in [7, 11) is 2.99. The molecule has 1 aliphatic heterocycles. The highest BCUT2D eigenvalue weighted by Gasteiger charge is 2.34. The van der Waals surface area contributed by atoms with Crippen molar-refractivity contribution in [2.75, 3.05) is 40.4 Å². The quantitative estimate of drug-likeness (QED) is 0.530. The van der Waals surface area contributed by atoms with E-state index in [-0.39, 0.29) is 11.9 Å². The number of ether oxygens (including phenoxy) is 2. The first kappa shape index (κ1) is 23.0. The van der Waals surface area contributed by atoms with Crippen molar-refractivity contribution in [3.8, 4) is 5.75 Å². The SMILES string of the molecule is COC(=O)C(c1ccccc1Cl)N1CCN(C(=O)c2cc3ccc(OC)cc3nc2C)CC1. The lowest BCUT2D eigenvalue weighted by molar-refractivity contribution is -0.148. The van der Waals surface area contributed by atoms with Crippen LogP contribution < -0.4 is 4.74 Å². The first-order valence-corrected chi connectivity index (χ1v) is 11.1. The Labute approximate surface area is 197 Å². The molecule has 0 radical (unpaired) electrons. The predicted molar refractivity (Wildman–Crippen MR) is 127 cm³/mol. The van der Waals surface area contributed by atoms with Crippen molar-refractivity contribution in [2.45, 2.75) is 13.0 Å². The maximum Gasteiger partial charge on any atom is 0.327 e. The van der Waals surface area contributed by atoms with E-state index in [0.717, 1.165) is 16.7 Å². The van der Waals surface area contributed by atoms with Crippen LogP contribution in [0.15, 0.2) is 48.5 Å².